The van der Waals surface area contributed by atoms with Crippen LogP contribution >= 0.6 is 12.2 Å². The van der Waals surface area contributed by atoms with E-state index in [9.17, 15) is 9.18 Å². The molecule has 1 unspecified atom stereocenters. The van der Waals surface area contributed by atoms with Gasteiger partial charge in [0, 0.05) is 12.2 Å². The maximum Gasteiger partial charge on any atom is 0.253 e. The van der Waals surface area contributed by atoms with Crippen molar-refractivity contribution in [3.8, 4) is 0 Å². The Labute approximate surface area is 116 Å². The lowest BCUT2D eigenvalue weighted by molar-refractivity contribution is -0.129. The normalized spacial score (nSPS) is 18.9. The van der Waals surface area contributed by atoms with Crippen LogP contribution in [0.5, 0.6) is 0 Å². The van der Waals surface area contributed by atoms with Gasteiger partial charge in [0.05, 0.1) is 5.69 Å². The van der Waals surface area contributed by atoms with Crippen molar-refractivity contribution >= 4 is 28.8 Å². The molecule has 0 spiro atoms. The number of ether oxygens (including phenoxy) is 1. The van der Waals surface area contributed by atoms with Crippen LogP contribution in [0.15, 0.2) is 18.2 Å². The molecule has 3 N–H and O–H groups in total. The Morgan fingerprint density at radius 2 is 2.26 bits per heavy atom. The van der Waals surface area contributed by atoms with Gasteiger partial charge < -0.3 is 15.8 Å². The third-order valence-electron chi connectivity index (χ3n) is 2.98. The maximum absolute atomic E-state index is 13.1. The van der Waals surface area contributed by atoms with Crippen LogP contribution in [0.4, 0.5) is 10.1 Å². The fourth-order valence-electron chi connectivity index (χ4n) is 1.99. The molecule has 1 aliphatic heterocycles. The van der Waals surface area contributed by atoms with Crippen LogP contribution in [0, 0.1) is 5.82 Å². The van der Waals surface area contributed by atoms with Crippen LogP contribution in [0.25, 0.3) is 0 Å². The average molecular weight is 282 g/mol. The van der Waals surface area contributed by atoms with Crippen LogP contribution in [0.3, 0.4) is 0 Å². The highest BCUT2D eigenvalue weighted by Gasteiger charge is 2.22. The van der Waals surface area contributed by atoms with Gasteiger partial charge in [-0.25, -0.2) is 4.39 Å². The molecule has 0 aromatic heterocycles. The molecule has 1 aliphatic rings. The number of rotatable bonds is 3. The molecule has 2 rings (SSSR count). The second kappa shape index (κ2) is 6.08. The number of thiocarbonyl (C=S) groups is 1. The molecule has 1 aromatic rings. The molecule has 19 heavy (non-hydrogen) atoms. The van der Waals surface area contributed by atoms with Crippen molar-refractivity contribution in [2.75, 3.05) is 11.9 Å². The van der Waals surface area contributed by atoms with E-state index >= 15 is 0 Å². The molecule has 1 atom stereocenters. The number of carbonyl (C=O) groups excluding carboxylic acids is 1. The predicted octanol–water partition coefficient (Wildman–Crippen LogP) is 1.97. The number of hydrogen-bond acceptors (Lipinski definition) is 3. The summed E-state index contributed by atoms with van der Waals surface area (Å²) in [6.45, 7) is 0.587. The highest BCUT2D eigenvalue weighted by molar-refractivity contribution is 7.80. The summed E-state index contributed by atoms with van der Waals surface area (Å²) < 4.78 is 18.5. The predicted molar refractivity (Wildman–Crippen MR) is 74.5 cm³/mol. The molecule has 1 amide bonds. The lowest BCUT2D eigenvalue weighted by Gasteiger charge is -2.22. The highest BCUT2D eigenvalue weighted by Crippen LogP contribution is 2.19. The van der Waals surface area contributed by atoms with Gasteiger partial charge in [0.2, 0.25) is 0 Å². The molecule has 1 heterocycles. The molecule has 0 saturated carbocycles. The fourth-order valence-corrected chi connectivity index (χ4v) is 2.16. The highest BCUT2D eigenvalue weighted by atomic mass is 32.1. The zero-order valence-corrected chi connectivity index (χ0v) is 11.1. The van der Waals surface area contributed by atoms with E-state index in [4.69, 9.17) is 22.7 Å². The van der Waals surface area contributed by atoms with Crippen molar-refractivity contribution in [2.45, 2.75) is 25.4 Å². The summed E-state index contributed by atoms with van der Waals surface area (Å²) in [6, 6.07) is 3.91. The Morgan fingerprint density at radius 3 is 2.89 bits per heavy atom. The third-order valence-corrected chi connectivity index (χ3v) is 3.20. The molecule has 0 radical (unpaired) electrons. The van der Waals surface area contributed by atoms with Gasteiger partial charge in [0.1, 0.15) is 16.9 Å². The molecule has 4 nitrogen and oxygen atoms in total. The van der Waals surface area contributed by atoms with Crippen LogP contribution in [-0.4, -0.2) is 23.6 Å². The fraction of sp³-hybridized carbons (Fsp3) is 0.385. The summed E-state index contributed by atoms with van der Waals surface area (Å²) in [5.74, 6) is -0.696. The average Bonchev–Trinajstić information content (AvgIpc) is 2.41. The monoisotopic (exact) mass is 282 g/mol. The minimum Gasteiger partial charge on any atom is -0.389 e. The van der Waals surface area contributed by atoms with Gasteiger partial charge in [-0.1, -0.05) is 12.2 Å². The molecule has 1 fully saturated rings. The Balaban J connectivity index is 2.13. The number of halogens is 1. The van der Waals surface area contributed by atoms with Crippen LogP contribution in [-0.2, 0) is 9.53 Å². The lowest BCUT2D eigenvalue weighted by Crippen LogP contribution is -2.33. The van der Waals surface area contributed by atoms with Gasteiger partial charge >= 0.3 is 0 Å². The van der Waals surface area contributed by atoms with E-state index in [0.29, 0.717) is 24.3 Å². The Kier molecular flexibility index (Phi) is 4.44. The summed E-state index contributed by atoms with van der Waals surface area (Å²) in [7, 11) is 0. The topological polar surface area (TPSA) is 64.3 Å². The van der Waals surface area contributed by atoms with E-state index in [0.717, 1.165) is 12.8 Å². The van der Waals surface area contributed by atoms with Gasteiger partial charge in [-0.05, 0) is 37.5 Å². The summed E-state index contributed by atoms with van der Waals surface area (Å²) in [4.78, 5) is 12.1. The second-order valence-corrected chi connectivity index (χ2v) is 4.84. The third kappa shape index (κ3) is 3.48. The van der Waals surface area contributed by atoms with Crippen LogP contribution in [0.2, 0.25) is 0 Å². The number of carbonyl (C=O) groups is 1. The molecule has 102 valence electrons. The number of hydrogen-bond donors (Lipinski definition) is 2. The van der Waals surface area contributed by atoms with Crippen molar-refractivity contribution in [3.05, 3.63) is 29.6 Å². The van der Waals surface area contributed by atoms with Crippen molar-refractivity contribution < 1.29 is 13.9 Å². The summed E-state index contributed by atoms with van der Waals surface area (Å²) in [6.07, 6.45) is 2.16. The lowest BCUT2D eigenvalue weighted by atomic mass is 10.1. The Bertz CT molecular complexity index is 501. The minimum absolute atomic E-state index is 0.0411. The number of anilines is 1. The zero-order chi connectivity index (χ0) is 13.8. The number of benzene rings is 1. The van der Waals surface area contributed by atoms with E-state index in [1.807, 2.05) is 0 Å². The van der Waals surface area contributed by atoms with Crippen LogP contribution in [0.1, 0.15) is 24.8 Å². The van der Waals surface area contributed by atoms with Crippen molar-refractivity contribution in [1.82, 2.24) is 0 Å². The Hall–Kier alpha value is -1.53. The number of nitrogens with one attached hydrogen (secondary N) is 1. The minimum atomic E-state index is -0.460. The van der Waals surface area contributed by atoms with E-state index in [2.05, 4.69) is 5.32 Å². The molecule has 1 saturated heterocycles. The summed E-state index contributed by atoms with van der Waals surface area (Å²) in [5, 5.41) is 2.69. The molecule has 0 aliphatic carbocycles. The molecular weight excluding hydrogens is 267 g/mol. The van der Waals surface area contributed by atoms with Gasteiger partial charge in [0.15, 0.2) is 0 Å². The summed E-state index contributed by atoms with van der Waals surface area (Å²) in [5.41, 5.74) is 6.25. The van der Waals surface area contributed by atoms with Crippen molar-refractivity contribution in [2.24, 2.45) is 5.73 Å². The SMILES string of the molecule is NC(=S)c1cc(F)ccc1NC(=O)C1CCCCO1. The van der Waals surface area contributed by atoms with E-state index < -0.39 is 11.9 Å². The van der Waals surface area contributed by atoms with Crippen molar-refractivity contribution in [3.63, 3.8) is 0 Å². The smallest absolute Gasteiger partial charge is 0.253 e. The largest absolute Gasteiger partial charge is 0.389 e. The van der Waals surface area contributed by atoms with Crippen LogP contribution < -0.4 is 11.1 Å². The first-order valence-electron chi connectivity index (χ1n) is 6.10. The first-order valence-corrected chi connectivity index (χ1v) is 6.50. The van der Waals surface area contributed by atoms with Gasteiger partial charge in [-0.3, -0.25) is 4.79 Å². The van der Waals surface area contributed by atoms with Gasteiger partial charge in [-0.15, -0.1) is 0 Å². The number of nitrogens with two attached hydrogens (primary N) is 1. The second-order valence-electron chi connectivity index (χ2n) is 4.40. The Morgan fingerprint density at radius 1 is 1.47 bits per heavy atom. The molecule has 0 bridgehead atoms. The first-order chi connectivity index (χ1) is 9.08. The van der Waals surface area contributed by atoms with E-state index in [-0.39, 0.29) is 10.9 Å². The van der Waals surface area contributed by atoms with Gasteiger partial charge in [0.25, 0.3) is 5.91 Å². The summed E-state index contributed by atoms with van der Waals surface area (Å²) >= 11 is 4.85. The number of amides is 1. The first kappa shape index (κ1) is 13.9. The standard InChI is InChI=1S/C13H15FN2O2S/c14-8-4-5-10(9(7-8)12(15)19)16-13(17)11-3-1-2-6-18-11/h4-5,7,11H,1-3,6H2,(H2,15,19)(H,16,17). The quantitative estimate of drug-likeness (QED) is 0.832. The zero-order valence-electron chi connectivity index (χ0n) is 10.3. The molecular formula is C13H15FN2O2S. The maximum atomic E-state index is 13.1. The van der Waals surface area contributed by atoms with E-state index in [1.165, 1.54) is 18.2 Å². The van der Waals surface area contributed by atoms with Crippen molar-refractivity contribution in [1.29, 1.82) is 0 Å². The molecule has 1 aromatic carbocycles. The van der Waals surface area contributed by atoms with Gasteiger partial charge in [-0.2, -0.15) is 0 Å². The van der Waals surface area contributed by atoms with E-state index in [1.54, 1.807) is 0 Å². The molecule has 6 heteroatoms.